The van der Waals surface area contributed by atoms with Crippen molar-refractivity contribution in [2.45, 2.75) is 20.8 Å². The van der Waals surface area contributed by atoms with Gasteiger partial charge in [-0.3, -0.25) is 14.5 Å². The molecule has 0 heterocycles. The molecule has 1 rings (SSSR count). The lowest BCUT2D eigenvalue weighted by molar-refractivity contribution is -0.123. The minimum absolute atomic E-state index is 0.0707. The summed E-state index contributed by atoms with van der Waals surface area (Å²) in [6, 6.07) is 4.94. The second-order valence-electron chi connectivity index (χ2n) is 5.12. The zero-order chi connectivity index (χ0) is 16.0. The summed E-state index contributed by atoms with van der Waals surface area (Å²) < 4.78 is 5.23. The number of nitrogens with one attached hydrogen (secondary N) is 1. The van der Waals surface area contributed by atoms with Gasteiger partial charge in [0.15, 0.2) is 0 Å². The lowest BCUT2D eigenvalue weighted by Crippen LogP contribution is -2.41. The molecule has 1 aromatic rings. The average molecular weight is 313 g/mol. The van der Waals surface area contributed by atoms with Crippen molar-refractivity contribution in [2.24, 2.45) is 5.92 Å². The SMILES string of the molecule is COc1ccc(Cl)cc1N(CC(=O)NCC(C)C)C(C)=O. The van der Waals surface area contributed by atoms with E-state index in [1.165, 1.54) is 18.9 Å². The average Bonchev–Trinajstić information content (AvgIpc) is 2.42. The third kappa shape index (κ3) is 5.27. The molecule has 0 spiro atoms. The smallest absolute Gasteiger partial charge is 0.240 e. The van der Waals surface area contributed by atoms with Crippen LogP contribution in [0.3, 0.4) is 0 Å². The molecule has 2 amide bonds. The van der Waals surface area contributed by atoms with Gasteiger partial charge in [0.05, 0.1) is 12.8 Å². The van der Waals surface area contributed by atoms with Gasteiger partial charge >= 0.3 is 0 Å². The van der Waals surface area contributed by atoms with Crippen LogP contribution in [0.4, 0.5) is 5.69 Å². The van der Waals surface area contributed by atoms with Crippen molar-refractivity contribution in [1.82, 2.24) is 5.32 Å². The summed E-state index contributed by atoms with van der Waals surface area (Å²) in [5.74, 6) is 0.364. The van der Waals surface area contributed by atoms with E-state index < -0.39 is 0 Å². The molecular weight excluding hydrogens is 292 g/mol. The Kier molecular flexibility index (Phi) is 6.49. The Morgan fingerprint density at radius 2 is 2.05 bits per heavy atom. The van der Waals surface area contributed by atoms with Crippen molar-refractivity contribution in [3.05, 3.63) is 23.2 Å². The summed E-state index contributed by atoms with van der Waals surface area (Å²) in [6.45, 7) is 5.90. The Hall–Kier alpha value is -1.75. The van der Waals surface area contributed by atoms with Gasteiger partial charge in [-0.25, -0.2) is 0 Å². The molecule has 116 valence electrons. The van der Waals surface area contributed by atoms with Gasteiger partial charge in [0.2, 0.25) is 11.8 Å². The molecule has 0 aliphatic rings. The van der Waals surface area contributed by atoms with E-state index in [0.717, 1.165) is 0 Å². The number of amides is 2. The molecule has 0 radical (unpaired) electrons. The highest BCUT2D eigenvalue weighted by molar-refractivity contribution is 6.31. The minimum Gasteiger partial charge on any atom is -0.495 e. The van der Waals surface area contributed by atoms with Gasteiger partial charge in [-0.15, -0.1) is 0 Å². The number of methoxy groups -OCH3 is 1. The third-order valence-electron chi connectivity index (χ3n) is 2.82. The van der Waals surface area contributed by atoms with E-state index in [2.05, 4.69) is 5.32 Å². The number of anilines is 1. The van der Waals surface area contributed by atoms with Crippen LogP contribution in [-0.2, 0) is 9.59 Å². The molecule has 0 saturated heterocycles. The topological polar surface area (TPSA) is 58.6 Å². The maximum absolute atomic E-state index is 11.9. The first-order valence-corrected chi connectivity index (χ1v) is 7.11. The second kappa shape index (κ2) is 7.88. The van der Waals surface area contributed by atoms with Crippen LogP contribution in [0, 0.1) is 5.92 Å². The number of benzene rings is 1. The molecule has 0 atom stereocenters. The number of hydrogen-bond acceptors (Lipinski definition) is 3. The Labute approximate surface area is 130 Å². The van der Waals surface area contributed by atoms with E-state index >= 15 is 0 Å². The summed E-state index contributed by atoms with van der Waals surface area (Å²) >= 11 is 5.97. The molecule has 5 nitrogen and oxygen atoms in total. The number of ether oxygens (including phenoxy) is 1. The predicted molar refractivity (Wildman–Crippen MR) is 83.9 cm³/mol. The van der Waals surface area contributed by atoms with E-state index in [4.69, 9.17) is 16.3 Å². The Morgan fingerprint density at radius 1 is 1.38 bits per heavy atom. The number of hydrogen-bond donors (Lipinski definition) is 1. The fraction of sp³-hybridized carbons (Fsp3) is 0.467. The van der Waals surface area contributed by atoms with Crippen molar-refractivity contribution >= 4 is 29.1 Å². The molecular formula is C15H21ClN2O3. The van der Waals surface area contributed by atoms with Gasteiger partial charge in [-0.05, 0) is 24.1 Å². The zero-order valence-electron chi connectivity index (χ0n) is 12.8. The van der Waals surface area contributed by atoms with E-state index in [-0.39, 0.29) is 18.4 Å². The molecule has 0 aliphatic heterocycles. The van der Waals surface area contributed by atoms with E-state index in [1.807, 2.05) is 13.8 Å². The van der Waals surface area contributed by atoms with Crippen LogP contribution >= 0.6 is 11.6 Å². The molecule has 0 saturated carbocycles. The number of carbonyl (C=O) groups excluding carboxylic acids is 2. The lowest BCUT2D eigenvalue weighted by Gasteiger charge is -2.23. The van der Waals surface area contributed by atoms with Crippen LogP contribution in [0.2, 0.25) is 5.02 Å². The molecule has 0 aliphatic carbocycles. The van der Waals surface area contributed by atoms with E-state index in [1.54, 1.807) is 18.2 Å². The second-order valence-corrected chi connectivity index (χ2v) is 5.56. The zero-order valence-corrected chi connectivity index (χ0v) is 13.5. The Morgan fingerprint density at radius 3 is 2.57 bits per heavy atom. The molecule has 0 unspecified atom stereocenters. The van der Waals surface area contributed by atoms with Crippen molar-refractivity contribution < 1.29 is 14.3 Å². The third-order valence-corrected chi connectivity index (χ3v) is 3.06. The summed E-state index contributed by atoms with van der Waals surface area (Å²) in [4.78, 5) is 25.1. The van der Waals surface area contributed by atoms with Crippen LogP contribution in [0.25, 0.3) is 0 Å². The normalized spacial score (nSPS) is 10.4. The fourth-order valence-electron chi connectivity index (χ4n) is 1.76. The van der Waals surface area contributed by atoms with Crippen molar-refractivity contribution in [3.8, 4) is 5.75 Å². The van der Waals surface area contributed by atoms with Gasteiger partial charge in [-0.1, -0.05) is 25.4 Å². The highest BCUT2D eigenvalue weighted by Crippen LogP contribution is 2.31. The monoisotopic (exact) mass is 312 g/mol. The summed E-state index contributed by atoms with van der Waals surface area (Å²) in [7, 11) is 1.50. The predicted octanol–water partition coefficient (Wildman–Crippen LogP) is 2.47. The molecule has 0 aromatic heterocycles. The van der Waals surface area contributed by atoms with Crippen LogP contribution in [0.1, 0.15) is 20.8 Å². The number of nitrogens with zero attached hydrogens (tertiary/aromatic N) is 1. The lowest BCUT2D eigenvalue weighted by atomic mass is 10.2. The van der Waals surface area contributed by atoms with Gasteiger partial charge in [0.1, 0.15) is 12.3 Å². The number of halogens is 1. The quantitative estimate of drug-likeness (QED) is 0.878. The molecule has 0 fully saturated rings. The number of rotatable bonds is 6. The summed E-state index contributed by atoms with van der Waals surface area (Å²) in [6.07, 6.45) is 0. The molecule has 6 heteroatoms. The fourth-order valence-corrected chi connectivity index (χ4v) is 1.92. The molecule has 1 aromatic carbocycles. The van der Waals surface area contributed by atoms with Gasteiger partial charge < -0.3 is 10.1 Å². The number of carbonyl (C=O) groups is 2. The minimum atomic E-state index is -0.254. The van der Waals surface area contributed by atoms with Gasteiger partial charge in [-0.2, -0.15) is 0 Å². The van der Waals surface area contributed by atoms with Crippen LogP contribution in [0.15, 0.2) is 18.2 Å². The Bertz CT molecular complexity index is 518. The standard InChI is InChI=1S/C15H21ClN2O3/c1-10(2)8-17-15(20)9-18(11(3)19)13-7-12(16)5-6-14(13)21-4/h5-7,10H,8-9H2,1-4H3,(H,17,20). The largest absolute Gasteiger partial charge is 0.495 e. The van der Waals surface area contributed by atoms with Crippen LogP contribution in [0.5, 0.6) is 5.75 Å². The Balaban J connectivity index is 2.94. The van der Waals surface area contributed by atoms with Gasteiger partial charge in [0.25, 0.3) is 0 Å². The first-order chi connectivity index (χ1) is 9.85. The van der Waals surface area contributed by atoms with E-state index in [0.29, 0.717) is 28.9 Å². The van der Waals surface area contributed by atoms with Crippen molar-refractivity contribution in [3.63, 3.8) is 0 Å². The first kappa shape index (κ1) is 17.3. The molecule has 0 bridgehead atoms. The highest BCUT2D eigenvalue weighted by Gasteiger charge is 2.19. The van der Waals surface area contributed by atoms with Crippen molar-refractivity contribution in [1.29, 1.82) is 0 Å². The molecule has 1 N–H and O–H groups in total. The van der Waals surface area contributed by atoms with Gasteiger partial charge in [0, 0.05) is 18.5 Å². The van der Waals surface area contributed by atoms with Crippen LogP contribution < -0.4 is 15.0 Å². The van der Waals surface area contributed by atoms with E-state index in [9.17, 15) is 9.59 Å². The summed E-state index contributed by atoms with van der Waals surface area (Å²) in [5.41, 5.74) is 0.484. The summed E-state index contributed by atoms with van der Waals surface area (Å²) in [5, 5.41) is 3.25. The highest BCUT2D eigenvalue weighted by atomic mass is 35.5. The maximum Gasteiger partial charge on any atom is 0.240 e. The van der Waals surface area contributed by atoms with Crippen molar-refractivity contribution in [2.75, 3.05) is 25.1 Å². The first-order valence-electron chi connectivity index (χ1n) is 6.73. The maximum atomic E-state index is 11.9. The molecule has 21 heavy (non-hydrogen) atoms. The van der Waals surface area contributed by atoms with Crippen LogP contribution in [-0.4, -0.2) is 32.0 Å².